The summed E-state index contributed by atoms with van der Waals surface area (Å²) in [6.07, 6.45) is -10.3. The van der Waals surface area contributed by atoms with Crippen LogP contribution in [0.5, 0.6) is 0 Å². The third kappa shape index (κ3) is 6.69. The fraction of sp³-hybridized carbons (Fsp3) is 0.200. The molecule has 0 saturated carbocycles. The Morgan fingerprint density at radius 3 is 1.52 bits per heavy atom. The predicted octanol–water partition coefficient (Wildman–Crippen LogP) is 3.01. The standard InChI is InChI=1S/C9H7F6NO2S.C6H7NO2S/c1-4-5(8(10,11)12)2-3-6(19(16,17)18)7(4)9(13,14)15;7-10(8,9)6-4-2-1-3-5-6/h2-3H,1H3,(H2,16,17,18);1-5H,(H2,7,8,9). The van der Waals surface area contributed by atoms with Crippen molar-refractivity contribution in [3.63, 3.8) is 0 Å². The molecule has 0 aromatic heterocycles. The molecule has 2 aromatic carbocycles. The number of sulfonamides is 2. The van der Waals surface area contributed by atoms with Crippen LogP contribution in [0.3, 0.4) is 0 Å². The van der Waals surface area contributed by atoms with Crippen LogP contribution in [0.2, 0.25) is 0 Å². The van der Waals surface area contributed by atoms with E-state index in [9.17, 15) is 43.2 Å². The van der Waals surface area contributed by atoms with E-state index >= 15 is 0 Å². The van der Waals surface area contributed by atoms with Crippen molar-refractivity contribution in [2.75, 3.05) is 0 Å². The van der Waals surface area contributed by atoms with Crippen LogP contribution >= 0.6 is 0 Å². The van der Waals surface area contributed by atoms with Gasteiger partial charge in [0.2, 0.25) is 20.0 Å². The van der Waals surface area contributed by atoms with Crippen LogP contribution in [0.1, 0.15) is 16.7 Å². The van der Waals surface area contributed by atoms with Gasteiger partial charge in [-0.1, -0.05) is 18.2 Å². The fourth-order valence-corrected chi connectivity index (χ4v) is 3.54. The molecule has 0 amide bonds. The molecule has 0 aliphatic rings. The molecule has 6 nitrogen and oxygen atoms in total. The third-order valence-electron chi connectivity index (χ3n) is 3.39. The average Bonchev–Trinajstić information content (AvgIpc) is 2.52. The van der Waals surface area contributed by atoms with E-state index in [1.807, 2.05) is 0 Å². The van der Waals surface area contributed by atoms with Gasteiger partial charge in [-0.3, -0.25) is 0 Å². The van der Waals surface area contributed by atoms with Crippen LogP contribution in [0.15, 0.2) is 52.3 Å². The number of primary sulfonamides is 2. The number of hydrogen-bond acceptors (Lipinski definition) is 4. The minimum Gasteiger partial charge on any atom is -0.225 e. The number of nitrogens with two attached hydrogens (primary N) is 2. The quantitative estimate of drug-likeness (QED) is 0.664. The molecule has 0 atom stereocenters. The molecule has 0 spiro atoms. The second kappa shape index (κ2) is 8.30. The molecule has 29 heavy (non-hydrogen) atoms. The maximum Gasteiger partial charge on any atom is 0.417 e. The Morgan fingerprint density at radius 1 is 0.724 bits per heavy atom. The van der Waals surface area contributed by atoms with Crippen molar-refractivity contribution in [3.05, 3.63) is 59.2 Å². The molecular formula is C15H14F6N2O4S2. The van der Waals surface area contributed by atoms with E-state index in [4.69, 9.17) is 5.14 Å². The highest BCUT2D eigenvalue weighted by molar-refractivity contribution is 7.89. The first kappa shape index (κ1) is 24.9. The lowest BCUT2D eigenvalue weighted by molar-refractivity contribution is -0.145. The number of halogens is 6. The summed E-state index contributed by atoms with van der Waals surface area (Å²) in [5, 5.41) is 9.40. The van der Waals surface area contributed by atoms with Crippen LogP contribution in [-0.4, -0.2) is 16.8 Å². The van der Waals surface area contributed by atoms with E-state index in [1.54, 1.807) is 18.2 Å². The monoisotopic (exact) mass is 464 g/mol. The lowest BCUT2D eigenvalue weighted by Gasteiger charge is -2.18. The van der Waals surface area contributed by atoms with Gasteiger partial charge < -0.3 is 0 Å². The van der Waals surface area contributed by atoms with E-state index in [0.29, 0.717) is 6.92 Å². The highest BCUT2D eigenvalue weighted by Gasteiger charge is 2.43. The van der Waals surface area contributed by atoms with Gasteiger partial charge in [0.25, 0.3) is 0 Å². The molecule has 0 bridgehead atoms. The largest absolute Gasteiger partial charge is 0.417 e. The van der Waals surface area contributed by atoms with Gasteiger partial charge in [0, 0.05) is 0 Å². The maximum absolute atomic E-state index is 12.7. The van der Waals surface area contributed by atoms with Crippen molar-refractivity contribution >= 4 is 20.0 Å². The van der Waals surface area contributed by atoms with Crippen molar-refractivity contribution in [3.8, 4) is 0 Å². The Bertz CT molecular complexity index is 1080. The van der Waals surface area contributed by atoms with Crippen LogP contribution in [-0.2, 0) is 32.4 Å². The van der Waals surface area contributed by atoms with E-state index in [1.165, 1.54) is 12.1 Å². The summed E-state index contributed by atoms with van der Waals surface area (Å²) in [4.78, 5) is -1.24. The van der Waals surface area contributed by atoms with Crippen molar-refractivity contribution in [2.45, 2.75) is 29.1 Å². The van der Waals surface area contributed by atoms with Gasteiger partial charge in [-0.05, 0) is 36.8 Å². The van der Waals surface area contributed by atoms with Gasteiger partial charge >= 0.3 is 12.4 Å². The molecule has 2 rings (SSSR count). The molecule has 4 N–H and O–H groups in total. The minimum atomic E-state index is -5.27. The summed E-state index contributed by atoms with van der Waals surface area (Å²) in [6, 6.07) is 8.34. The third-order valence-corrected chi connectivity index (χ3v) is 5.28. The summed E-state index contributed by atoms with van der Waals surface area (Å²) in [5.74, 6) is 0. The lowest BCUT2D eigenvalue weighted by Crippen LogP contribution is -2.22. The molecule has 0 fully saturated rings. The predicted molar refractivity (Wildman–Crippen MR) is 90.4 cm³/mol. The van der Waals surface area contributed by atoms with Gasteiger partial charge in [0.05, 0.1) is 20.9 Å². The van der Waals surface area contributed by atoms with Crippen LogP contribution in [0.4, 0.5) is 26.3 Å². The minimum absolute atomic E-state index is 0.148. The van der Waals surface area contributed by atoms with E-state index in [-0.39, 0.29) is 17.0 Å². The Labute approximate surface area is 162 Å². The van der Waals surface area contributed by atoms with Gasteiger partial charge in [0.15, 0.2) is 0 Å². The van der Waals surface area contributed by atoms with E-state index < -0.39 is 54.0 Å². The van der Waals surface area contributed by atoms with Crippen molar-refractivity contribution in [1.82, 2.24) is 0 Å². The van der Waals surface area contributed by atoms with Crippen molar-refractivity contribution < 1.29 is 43.2 Å². The van der Waals surface area contributed by atoms with Gasteiger partial charge in [0.1, 0.15) is 0 Å². The zero-order valence-electron chi connectivity index (χ0n) is 14.4. The Hall–Kier alpha value is -2.16. The van der Waals surface area contributed by atoms with Gasteiger partial charge in [-0.15, -0.1) is 0 Å². The maximum atomic E-state index is 12.7. The number of benzene rings is 2. The molecule has 0 radical (unpaired) electrons. The number of rotatable bonds is 2. The second-order valence-corrected chi connectivity index (χ2v) is 8.60. The Balaban J connectivity index is 0.000000352. The summed E-state index contributed by atoms with van der Waals surface area (Å²) in [6.45, 7) is 0.542. The average molecular weight is 464 g/mol. The molecule has 0 saturated heterocycles. The highest BCUT2D eigenvalue weighted by atomic mass is 32.2. The molecule has 0 heterocycles. The zero-order valence-corrected chi connectivity index (χ0v) is 16.0. The van der Waals surface area contributed by atoms with E-state index in [0.717, 1.165) is 0 Å². The van der Waals surface area contributed by atoms with Crippen LogP contribution in [0.25, 0.3) is 0 Å². The number of alkyl halides is 6. The molecule has 0 aliphatic heterocycles. The number of hydrogen-bond donors (Lipinski definition) is 2. The normalized spacial score (nSPS) is 12.9. The first-order valence-corrected chi connectivity index (χ1v) is 10.3. The molecule has 162 valence electrons. The summed E-state index contributed by atoms with van der Waals surface area (Å²) >= 11 is 0. The van der Waals surface area contributed by atoms with Crippen molar-refractivity contribution in [1.29, 1.82) is 0 Å². The molecule has 14 heteroatoms. The molecule has 0 aliphatic carbocycles. The second-order valence-electron chi connectivity index (χ2n) is 5.51. The summed E-state index contributed by atoms with van der Waals surface area (Å²) in [5.41, 5.74) is -4.69. The fourth-order valence-electron chi connectivity index (χ4n) is 2.19. The van der Waals surface area contributed by atoms with Gasteiger partial charge in [-0.2, -0.15) is 26.3 Å². The van der Waals surface area contributed by atoms with Gasteiger partial charge in [-0.25, -0.2) is 27.1 Å². The topological polar surface area (TPSA) is 120 Å². The zero-order chi connectivity index (χ0) is 22.8. The van der Waals surface area contributed by atoms with Crippen molar-refractivity contribution in [2.24, 2.45) is 10.3 Å². The summed E-state index contributed by atoms with van der Waals surface area (Å²) in [7, 11) is -8.29. The first-order valence-electron chi connectivity index (χ1n) is 7.25. The molecule has 0 unspecified atom stereocenters. The smallest absolute Gasteiger partial charge is 0.225 e. The summed E-state index contributed by atoms with van der Waals surface area (Å²) < 4.78 is 119. The van der Waals surface area contributed by atoms with Crippen LogP contribution < -0.4 is 10.3 Å². The first-order chi connectivity index (χ1) is 12.9. The van der Waals surface area contributed by atoms with E-state index in [2.05, 4.69) is 5.14 Å². The molecular weight excluding hydrogens is 450 g/mol. The van der Waals surface area contributed by atoms with Crippen LogP contribution in [0, 0.1) is 6.92 Å². The highest BCUT2D eigenvalue weighted by Crippen LogP contribution is 2.41. The Morgan fingerprint density at radius 2 is 1.21 bits per heavy atom. The SMILES string of the molecule is Cc1c(C(F)(F)F)ccc(S(N)(=O)=O)c1C(F)(F)F.NS(=O)(=O)c1ccccc1. The lowest BCUT2D eigenvalue weighted by atomic mass is 10.0. The molecule has 2 aromatic rings. The Kier molecular flexibility index (Phi) is 7.12.